The van der Waals surface area contributed by atoms with Gasteiger partial charge < -0.3 is 10.2 Å². The minimum atomic E-state index is -0.0227. The lowest BCUT2D eigenvalue weighted by molar-refractivity contribution is -0.137. The fourth-order valence-corrected chi connectivity index (χ4v) is 2.94. The molecular weight excluding hydrogens is 238 g/mol. The predicted octanol–water partition coefficient (Wildman–Crippen LogP) is 0.823. The second-order valence-electron chi connectivity index (χ2n) is 5.42. The van der Waals surface area contributed by atoms with Gasteiger partial charge in [0.2, 0.25) is 5.91 Å². The third-order valence-electron chi connectivity index (χ3n) is 4.20. The number of rotatable bonds is 2. The zero-order valence-corrected chi connectivity index (χ0v) is 11.4. The first kappa shape index (κ1) is 12.6. The van der Waals surface area contributed by atoms with Crippen molar-refractivity contribution in [1.29, 1.82) is 0 Å². The van der Waals surface area contributed by atoms with Gasteiger partial charge in [0.25, 0.3) is 0 Å². The van der Waals surface area contributed by atoms with Gasteiger partial charge in [0.1, 0.15) is 0 Å². The number of piperazine rings is 1. The highest BCUT2D eigenvalue weighted by Crippen LogP contribution is 2.24. The molecule has 1 atom stereocenters. The van der Waals surface area contributed by atoms with Gasteiger partial charge in [0.05, 0.1) is 6.04 Å². The van der Waals surface area contributed by atoms with E-state index in [9.17, 15) is 4.79 Å². The highest BCUT2D eigenvalue weighted by Gasteiger charge is 2.30. The van der Waals surface area contributed by atoms with Crippen LogP contribution in [0.15, 0.2) is 24.3 Å². The van der Waals surface area contributed by atoms with Gasteiger partial charge >= 0.3 is 0 Å². The van der Waals surface area contributed by atoms with Gasteiger partial charge in [0, 0.05) is 39.3 Å². The largest absolute Gasteiger partial charge is 0.339 e. The highest BCUT2D eigenvalue weighted by atomic mass is 16.2. The third-order valence-corrected chi connectivity index (χ3v) is 4.20. The van der Waals surface area contributed by atoms with Crippen LogP contribution in [0.25, 0.3) is 0 Å². The molecule has 0 bridgehead atoms. The summed E-state index contributed by atoms with van der Waals surface area (Å²) in [5.74, 6) is 0.273. The SMILES string of the molecule is CC(C(=O)N1CCNCC1)N1Cc2ccccc2C1. The standard InChI is InChI=1S/C15H21N3O/c1-12(15(19)17-8-6-16-7-9-17)18-10-13-4-2-3-5-14(13)11-18/h2-5,12,16H,6-11H2,1H3. The fraction of sp³-hybridized carbons (Fsp3) is 0.533. The van der Waals surface area contributed by atoms with Gasteiger partial charge in [-0.25, -0.2) is 0 Å². The number of nitrogens with zero attached hydrogens (tertiary/aromatic N) is 2. The van der Waals surface area contributed by atoms with Gasteiger partial charge in [0.15, 0.2) is 0 Å². The number of hydrogen-bond donors (Lipinski definition) is 1. The number of benzene rings is 1. The quantitative estimate of drug-likeness (QED) is 0.854. The van der Waals surface area contributed by atoms with Gasteiger partial charge in [-0.1, -0.05) is 24.3 Å². The second kappa shape index (κ2) is 5.31. The molecule has 2 aliphatic heterocycles. The molecule has 1 saturated heterocycles. The molecule has 4 heteroatoms. The molecule has 1 unspecified atom stereocenters. The zero-order valence-electron chi connectivity index (χ0n) is 11.4. The van der Waals surface area contributed by atoms with E-state index in [-0.39, 0.29) is 11.9 Å². The molecule has 0 spiro atoms. The van der Waals surface area contributed by atoms with Gasteiger partial charge in [-0.15, -0.1) is 0 Å². The van der Waals surface area contributed by atoms with Crippen molar-refractivity contribution < 1.29 is 4.79 Å². The number of hydrogen-bond acceptors (Lipinski definition) is 3. The molecular formula is C15H21N3O. The van der Waals surface area contributed by atoms with Crippen LogP contribution in [0.5, 0.6) is 0 Å². The maximum absolute atomic E-state index is 12.5. The number of carbonyl (C=O) groups is 1. The lowest BCUT2D eigenvalue weighted by atomic mass is 10.1. The Balaban J connectivity index is 1.65. The Morgan fingerprint density at radius 3 is 2.32 bits per heavy atom. The molecule has 1 fully saturated rings. The summed E-state index contributed by atoms with van der Waals surface area (Å²) in [5, 5.41) is 3.28. The number of fused-ring (bicyclic) bond motifs is 1. The van der Waals surface area contributed by atoms with Gasteiger partial charge in [-0.3, -0.25) is 9.69 Å². The molecule has 0 saturated carbocycles. The molecule has 3 rings (SSSR count). The number of nitrogens with one attached hydrogen (secondary N) is 1. The molecule has 1 aromatic carbocycles. The fourth-order valence-electron chi connectivity index (χ4n) is 2.94. The summed E-state index contributed by atoms with van der Waals surface area (Å²) >= 11 is 0. The molecule has 0 radical (unpaired) electrons. The smallest absolute Gasteiger partial charge is 0.239 e. The van der Waals surface area contributed by atoms with Crippen molar-refractivity contribution in [2.45, 2.75) is 26.1 Å². The second-order valence-corrected chi connectivity index (χ2v) is 5.42. The molecule has 19 heavy (non-hydrogen) atoms. The normalized spacial score (nSPS) is 21.2. The van der Waals surface area contributed by atoms with Crippen LogP contribution in [0.2, 0.25) is 0 Å². The van der Waals surface area contributed by atoms with E-state index in [1.165, 1.54) is 11.1 Å². The zero-order chi connectivity index (χ0) is 13.2. The van der Waals surface area contributed by atoms with E-state index in [2.05, 4.69) is 34.5 Å². The summed E-state index contributed by atoms with van der Waals surface area (Å²) in [7, 11) is 0. The Morgan fingerprint density at radius 2 is 1.74 bits per heavy atom. The van der Waals surface area contributed by atoms with Crippen molar-refractivity contribution in [1.82, 2.24) is 15.1 Å². The molecule has 2 aliphatic rings. The van der Waals surface area contributed by atoms with Crippen molar-refractivity contribution in [3.8, 4) is 0 Å². The summed E-state index contributed by atoms with van der Waals surface area (Å²) < 4.78 is 0. The first-order valence-corrected chi connectivity index (χ1v) is 7.06. The van der Waals surface area contributed by atoms with E-state index in [0.29, 0.717) is 0 Å². The summed E-state index contributed by atoms with van der Waals surface area (Å²) in [6.07, 6.45) is 0. The van der Waals surface area contributed by atoms with Crippen LogP contribution in [-0.2, 0) is 17.9 Å². The van der Waals surface area contributed by atoms with Crippen LogP contribution >= 0.6 is 0 Å². The van der Waals surface area contributed by atoms with E-state index in [0.717, 1.165) is 39.3 Å². The van der Waals surface area contributed by atoms with Crippen LogP contribution in [-0.4, -0.2) is 47.9 Å². The maximum atomic E-state index is 12.5. The molecule has 1 N–H and O–H groups in total. The molecule has 0 aromatic heterocycles. The van der Waals surface area contributed by atoms with Crippen LogP contribution in [0.1, 0.15) is 18.1 Å². The predicted molar refractivity (Wildman–Crippen MR) is 74.6 cm³/mol. The van der Waals surface area contributed by atoms with Crippen LogP contribution in [0.4, 0.5) is 0 Å². The number of amides is 1. The molecule has 4 nitrogen and oxygen atoms in total. The van der Waals surface area contributed by atoms with E-state index in [4.69, 9.17) is 0 Å². The lowest BCUT2D eigenvalue weighted by Gasteiger charge is -2.32. The Labute approximate surface area is 114 Å². The topological polar surface area (TPSA) is 35.6 Å². The van der Waals surface area contributed by atoms with E-state index < -0.39 is 0 Å². The lowest BCUT2D eigenvalue weighted by Crippen LogP contribution is -2.52. The first-order valence-electron chi connectivity index (χ1n) is 7.06. The number of carbonyl (C=O) groups excluding carboxylic acids is 1. The van der Waals surface area contributed by atoms with Crippen LogP contribution < -0.4 is 5.32 Å². The highest BCUT2D eigenvalue weighted by molar-refractivity contribution is 5.81. The Bertz CT molecular complexity index is 443. The van der Waals surface area contributed by atoms with Crippen molar-refractivity contribution in [3.05, 3.63) is 35.4 Å². The summed E-state index contributed by atoms with van der Waals surface area (Å²) in [6.45, 7) is 7.34. The minimum absolute atomic E-state index is 0.0227. The Morgan fingerprint density at radius 1 is 1.16 bits per heavy atom. The monoisotopic (exact) mass is 259 g/mol. The third kappa shape index (κ3) is 2.51. The van der Waals surface area contributed by atoms with Gasteiger partial charge in [-0.2, -0.15) is 0 Å². The maximum Gasteiger partial charge on any atom is 0.239 e. The van der Waals surface area contributed by atoms with Crippen molar-refractivity contribution in [3.63, 3.8) is 0 Å². The van der Waals surface area contributed by atoms with Gasteiger partial charge in [-0.05, 0) is 18.1 Å². The average molecular weight is 259 g/mol. The molecule has 1 amide bonds. The first-order chi connectivity index (χ1) is 9.25. The molecule has 0 aliphatic carbocycles. The Kier molecular flexibility index (Phi) is 3.53. The van der Waals surface area contributed by atoms with E-state index in [1.54, 1.807) is 0 Å². The Hall–Kier alpha value is -1.39. The minimum Gasteiger partial charge on any atom is -0.339 e. The van der Waals surface area contributed by atoms with Crippen molar-refractivity contribution in [2.75, 3.05) is 26.2 Å². The summed E-state index contributed by atoms with van der Waals surface area (Å²) in [5.41, 5.74) is 2.73. The molecule has 2 heterocycles. The summed E-state index contributed by atoms with van der Waals surface area (Å²) in [6, 6.07) is 8.45. The van der Waals surface area contributed by atoms with E-state index >= 15 is 0 Å². The van der Waals surface area contributed by atoms with Crippen molar-refractivity contribution in [2.24, 2.45) is 0 Å². The summed E-state index contributed by atoms with van der Waals surface area (Å²) in [4.78, 5) is 16.8. The van der Waals surface area contributed by atoms with E-state index in [1.807, 2.05) is 11.8 Å². The molecule has 102 valence electrons. The van der Waals surface area contributed by atoms with Crippen LogP contribution in [0.3, 0.4) is 0 Å². The molecule has 1 aromatic rings. The van der Waals surface area contributed by atoms with Crippen LogP contribution in [0, 0.1) is 0 Å². The average Bonchev–Trinajstić information content (AvgIpc) is 2.90. The van der Waals surface area contributed by atoms with Crippen molar-refractivity contribution >= 4 is 5.91 Å².